The van der Waals surface area contributed by atoms with Crippen LogP contribution in [0, 0.1) is 0 Å². The maximum atomic E-state index is 4.86. The van der Waals surface area contributed by atoms with Crippen molar-refractivity contribution in [2.24, 2.45) is 0 Å². The lowest BCUT2D eigenvalue weighted by Gasteiger charge is -2.11. The first-order valence-corrected chi connectivity index (χ1v) is 10.1. The number of hydrogen-bond acceptors (Lipinski definition) is 4. The van der Waals surface area contributed by atoms with Crippen LogP contribution in [0.4, 0.5) is 0 Å². The van der Waals surface area contributed by atoms with Crippen LogP contribution < -0.4 is 0 Å². The maximum Gasteiger partial charge on any atom is 0.160 e. The largest absolute Gasteiger partial charge is 0.303 e. The lowest BCUT2D eigenvalue weighted by atomic mass is 10.2. The molecule has 142 valence electrons. The molecule has 0 fully saturated rings. The van der Waals surface area contributed by atoms with Crippen molar-refractivity contribution in [1.82, 2.24) is 29.5 Å². The molecule has 0 atom stereocenters. The van der Waals surface area contributed by atoms with Crippen molar-refractivity contribution in [3.63, 3.8) is 0 Å². The predicted octanol–water partition coefficient (Wildman–Crippen LogP) is 4.55. The molecule has 0 aliphatic rings. The quantitative estimate of drug-likeness (QED) is 0.398. The Labute approximate surface area is 176 Å². The first-order valence-electron chi connectivity index (χ1n) is 9.26. The second-order valence-electron chi connectivity index (χ2n) is 6.75. The van der Waals surface area contributed by atoms with Gasteiger partial charge in [0.25, 0.3) is 0 Å². The summed E-state index contributed by atoms with van der Waals surface area (Å²) in [5, 5.41) is 8.44. The van der Waals surface area contributed by atoms with Gasteiger partial charge >= 0.3 is 0 Å². The molecule has 3 heterocycles. The number of halogens is 1. The van der Waals surface area contributed by atoms with Crippen molar-refractivity contribution in [1.29, 1.82) is 0 Å². The molecule has 0 aliphatic heterocycles. The van der Waals surface area contributed by atoms with Crippen molar-refractivity contribution in [3.8, 4) is 11.4 Å². The number of nitrogens with zero attached hydrogens (tertiary/aromatic N) is 6. The molecule has 0 saturated heterocycles. The molecule has 0 aliphatic carbocycles. The minimum Gasteiger partial charge on any atom is -0.303 e. The monoisotopic (exact) mass is 444 g/mol. The highest BCUT2D eigenvalue weighted by molar-refractivity contribution is 9.10. The molecule has 0 N–H and O–H groups in total. The van der Waals surface area contributed by atoms with Crippen molar-refractivity contribution in [2.45, 2.75) is 13.1 Å². The maximum absolute atomic E-state index is 4.86. The fourth-order valence-corrected chi connectivity index (χ4v) is 3.72. The van der Waals surface area contributed by atoms with Gasteiger partial charge in [0.15, 0.2) is 5.65 Å². The summed E-state index contributed by atoms with van der Waals surface area (Å²) in [7, 11) is 0. The van der Waals surface area contributed by atoms with E-state index in [0.717, 1.165) is 32.7 Å². The number of pyridine rings is 1. The third-order valence-corrected chi connectivity index (χ3v) is 5.21. The number of rotatable bonds is 5. The van der Waals surface area contributed by atoms with Gasteiger partial charge in [-0.3, -0.25) is 0 Å². The molecule has 0 spiro atoms. The van der Waals surface area contributed by atoms with E-state index in [9.17, 15) is 0 Å². The first kappa shape index (κ1) is 17.8. The minimum atomic E-state index is 0.579. The minimum absolute atomic E-state index is 0.579. The molecule has 0 amide bonds. The number of fused-ring (bicyclic) bond motifs is 1. The van der Waals surface area contributed by atoms with Crippen molar-refractivity contribution < 1.29 is 0 Å². The van der Waals surface area contributed by atoms with Crippen LogP contribution in [0.1, 0.15) is 11.3 Å². The zero-order valence-corrected chi connectivity index (χ0v) is 17.1. The van der Waals surface area contributed by atoms with E-state index >= 15 is 0 Å². The molecule has 0 saturated carbocycles. The Balaban J connectivity index is 1.58. The molecule has 0 radical (unpaired) electrons. The van der Waals surface area contributed by atoms with Crippen LogP contribution in [0.5, 0.6) is 0 Å². The van der Waals surface area contributed by atoms with Gasteiger partial charge in [-0.2, -0.15) is 0 Å². The summed E-state index contributed by atoms with van der Waals surface area (Å²) in [6.07, 6.45) is 3.61. The molecule has 29 heavy (non-hydrogen) atoms. The third-order valence-electron chi connectivity index (χ3n) is 4.78. The molecule has 5 rings (SSSR count). The molecule has 2 aromatic carbocycles. The summed E-state index contributed by atoms with van der Waals surface area (Å²) in [6, 6.07) is 22.4. The fourth-order valence-electron chi connectivity index (χ4n) is 3.40. The van der Waals surface area contributed by atoms with Gasteiger partial charge in [-0.25, -0.2) is 14.6 Å². The Morgan fingerprint density at radius 1 is 0.862 bits per heavy atom. The highest BCUT2D eigenvalue weighted by atomic mass is 79.9. The van der Waals surface area contributed by atoms with Crippen molar-refractivity contribution in [2.75, 3.05) is 0 Å². The molecular formula is C22H17BrN6. The van der Waals surface area contributed by atoms with Gasteiger partial charge < -0.3 is 4.57 Å². The van der Waals surface area contributed by atoms with Crippen LogP contribution in [0.15, 0.2) is 83.6 Å². The van der Waals surface area contributed by atoms with E-state index in [1.165, 1.54) is 5.56 Å². The predicted molar refractivity (Wildman–Crippen MR) is 115 cm³/mol. The molecule has 5 aromatic rings. The zero-order valence-electron chi connectivity index (χ0n) is 15.5. The Bertz CT molecular complexity index is 1260. The smallest absolute Gasteiger partial charge is 0.160 e. The number of imidazole rings is 1. The normalized spacial score (nSPS) is 11.2. The molecule has 3 aromatic heterocycles. The molecule has 7 heteroatoms. The van der Waals surface area contributed by atoms with E-state index in [2.05, 4.69) is 60.1 Å². The Morgan fingerprint density at radius 2 is 1.62 bits per heavy atom. The second kappa shape index (κ2) is 7.60. The Morgan fingerprint density at radius 3 is 2.41 bits per heavy atom. The first-order chi connectivity index (χ1) is 14.3. The van der Waals surface area contributed by atoms with Crippen LogP contribution in [-0.4, -0.2) is 29.5 Å². The second-order valence-corrected chi connectivity index (χ2v) is 7.67. The lowest BCUT2D eigenvalue weighted by molar-refractivity contribution is 0.604. The van der Waals surface area contributed by atoms with Gasteiger partial charge in [0.05, 0.1) is 25.0 Å². The topological polar surface area (TPSA) is 61.4 Å². The molecular weight excluding hydrogens is 428 g/mol. The average Bonchev–Trinajstić information content (AvgIpc) is 3.34. The van der Waals surface area contributed by atoms with Crippen molar-refractivity contribution >= 4 is 27.1 Å². The molecule has 0 bridgehead atoms. The van der Waals surface area contributed by atoms with Crippen LogP contribution in [0.25, 0.3) is 22.6 Å². The van der Waals surface area contributed by atoms with Crippen LogP contribution in [0.2, 0.25) is 0 Å². The highest BCUT2D eigenvalue weighted by Gasteiger charge is 2.16. The lowest BCUT2D eigenvalue weighted by Crippen LogP contribution is -2.11. The summed E-state index contributed by atoms with van der Waals surface area (Å²) >= 11 is 3.50. The summed E-state index contributed by atoms with van der Waals surface area (Å²) in [6.45, 7) is 1.25. The van der Waals surface area contributed by atoms with Crippen LogP contribution in [-0.2, 0) is 13.1 Å². The summed E-state index contributed by atoms with van der Waals surface area (Å²) < 4.78 is 4.96. The third kappa shape index (κ3) is 3.56. The van der Waals surface area contributed by atoms with E-state index in [-0.39, 0.29) is 0 Å². The van der Waals surface area contributed by atoms with E-state index in [1.54, 1.807) is 6.20 Å². The zero-order chi connectivity index (χ0) is 19.6. The van der Waals surface area contributed by atoms with E-state index in [0.29, 0.717) is 13.1 Å². The number of hydrogen-bond donors (Lipinski definition) is 0. The summed E-state index contributed by atoms with van der Waals surface area (Å²) in [5.41, 5.74) is 4.90. The van der Waals surface area contributed by atoms with E-state index in [4.69, 9.17) is 4.98 Å². The Hall–Kier alpha value is -3.32. The molecule has 6 nitrogen and oxygen atoms in total. The molecule has 0 unspecified atom stereocenters. The SMILES string of the molecule is Brc1cnc2c(c1)nc(-c1ccccc1)n2Cc1cnnn1Cc1ccccc1. The Kier molecular flexibility index (Phi) is 4.65. The van der Waals surface area contributed by atoms with Crippen molar-refractivity contribution in [3.05, 3.63) is 94.9 Å². The summed E-state index contributed by atoms with van der Waals surface area (Å²) in [5.74, 6) is 0.874. The van der Waals surface area contributed by atoms with Gasteiger partial charge in [0.2, 0.25) is 0 Å². The van der Waals surface area contributed by atoms with Gasteiger partial charge in [-0.15, -0.1) is 5.10 Å². The van der Waals surface area contributed by atoms with Gasteiger partial charge in [0.1, 0.15) is 11.3 Å². The summed E-state index contributed by atoms with van der Waals surface area (Å²) in [4.78, 5) is 9.48. The highest BCUT2D eigenvalue weighted by Crippen LogP contribution is 2.26. The van der Waals surface area contributed by atoms with Gasteiger partial charge in [-0.05, 0) is 27.6 Å². The van der Waals surface area contributed by atoms with Gasteiger partial charge in [-0.1, -0.05) is 65.9 Å². The standard InChI is InChI=1S/C22H17BrN6/c23-18-11-20-22(24-12-18)28(21(26-20)17-9-5-2-6-10-17)15-19-13-25-27-29(19)14-16-7-3-1-4-8-16/h1-13H,14-15H2. The van der Waals surface area contributed by atoms with Crippen LogP contribution >= 0.6 is 15.9 Å². The fraction of sp³-hybridized carbons (Fsp3) is 0.0909. The van der Waals surface area contributed by atoms with Crippen LogP contribution in [0.3, 0.4) is 0 Å². The average molecular weight is 445 g/mol. The van der Waals surface area contributed by atoms with E-state index < -0.39 is 0 Å². The number of aromatic nitrogens is 6. The van der Waals surface area contributed by atoms with E-state index in [1.807, 2.05) is 53.3 Å². The van der Waals surface area contributed by atoms with Gasteiger partial charge in [0, 0.05) is 16.2 Å². The number of benzene rings is 2.